The Balaban J connectivity index is 2.19. The number of phenolic OH excluding ortho intramolecular Hbond substituents is 1. The summed E-state index contributed by atoms with van der Waals surface area (Å²) in [5.41, 5.74) is 1.30. The molecule has 0 amide bonds. The number of anilines is 2. The van der Waals surface area contributed by atoms with Crippen LogP contribution < -0.4 is 15.4 Å². The van der Waals surface area contributed by atoms with E-state index in [1.54, 1.807) is 19.2 Å². The van der Waals surface area contributed by atoms with E-state index in [-0.39, 0.29) is 5.75 Å². The van der Waals surface area contributed by atoms with Gasteiger partial charge in [-0.05, 0) is 6.07 Å². The maximum atomic E-state index is 10.0. The van der Waals surface area contributed by atoms with Crippen LogP contribution in [0.25, 0.3) is 0 Å². The van der Waals surface area contributed by atoms with Crippen LogP contribution in [0.5, 0.6) is 11.5 Å². The summed E-state index contributed by atoms with van der Waals surface area (Å²) in [7, 11) is 3.24. The largest absolute Gasteiger partial charge is 0.504 e. The first-order valence-corrected chi connectivity index (χ1v) is 6.32. The molecule has 2 rings (SSSR count). The van der Waals surface area contributed by atoms with Gasteiger partial charge in [-0.25, -0.2) is 9.97 Å². The molecule has 1 aromatic heterocycles. The minimum Gasteiger partial charge on any atom is -0.504 e. The molecule has 6 nitrogen and oxygen atoms in total. The van der Waals surface area contributed by atoms with Gasteiger partial charge >= 0.3 is 0 Å². The molecule has 0 aliphatic heterocycles. The summed E-state index contributed by atoms with van der Waals surface area (Å²) >= 11 is 5.97. The van der Waals surface area contributed by atoms with E-state index in [1.807, 2.05) is 6.07 Å². The second kappa shape index (κ2) is 6.29. The van der Waals surface area contributed by atoms with Crippen molar-refractivity contribution in [2.45, 2.75) is 6.54 Å². The standard InChI is InChI=1S/C13H15ClN4O2/c1-15-10-12(14)17-7-18-13(10)16-6-8-4-3-5-9(20-2)11(8)19/h3-5,7,15,19H,6H2,1-2H3,(H,16,17,18). The zero-order chi connectivity index (χ0) is 14.5. The lowest BCUT2D eigenvalue weighted by Gasteiger charge is -2.13. The van der Waals surface area contributed by atoms with E-state index < -0.39 is 0 Å². The number of rotatable bonds is 5. The minimum absolute atomic E-state index is 0.105. The molecule has 1 aromatic carbocycles. The molecule has 0 unspecified atom stereocenters. The Kier molecular flexibility index (Phi) is 4.47. The molecule has 20 heavy (non-hydrogen) atoms. The predicted molar refractivity (Wildman–Crippen MR) is 78.6 cm³/mol. The normalized spacial score (nSPS) is 10.2. The maximum Gasteiger partial charge on any atom is 0.162 e. The second-order valence-electron chi connectivity index (χ2n) is 3.96. The molecule has 7 heteroatoms. The number of para-hydroxylation sites is 1. The van der Waals surface area contributed by atoms with Crippen molar-refractivity contribution in [3.05, 3.63) is 35.2 Å². The number of phenols is 1. The Morgan fingerprint density at radius 3 is 2.85 bits per heavy atom. The van der Waals surface area contributed by atoms with Crippen LogP contribution >= 0.6 is 11.6 Å². The number of halogens is 1. The highest BCUT2D eigenvalue weighted by Gasteiger charge is 2.10. The molecule has 0 saturated carbocycles. The van der Waals surface area contributed by atoms with E-state index >= 15 is 0 Å². The summed E-state index contributed by atoms with van der Waals surface area (Å²) in [4.78, 5) is 8.01. The van der Waals surface area contributed by atoms with Gasteiger partial charge in [-0.1, -0.05) is 23.7 Å². The molecule has 0 aliphatic rings. The molecule has 0 saturated heterocycles. The number of hydrogen-bond donors (Lipinski definition) is 3. The van der Waals surface area contributed by atoms with Crippen molar-refractivity contribution >= 4 is 23.1 Å². The van der Waals surface area contributed by atoms with Crippen LogP contribution in [-0.2, 0) is 6.54 Å². The van der Waals surface area contributed by atoms with Gasteiger partial charge < -0.3 is 20.5 Å². The number of methoxy groups -OCH3 is 1. The molecule has 0 fully saturated rings. The lowest BCUT2D eigenvalue weighted by Crippen LogP contribution is -2.06. The van der Waals surface area contributed by atoms with Crippen molar-refractivity contribution in [1.29, 1.82) is 0 Å². The summed E-state index contributed by atoms with van der Waals surface area (Å²) in [6.45, 7) is 0.380. The molecular formula is C13H15ClN4O2. The predicted octanol–water partition coefficient (Wildman–Crippen LogP) is 2.50. The molecule has 1 heterocycles. The van der Waals surface area contributed by atoms with Crippen molar-refractivity contribution in [3.8, 4) is 11.5 Å². The van der Waals surface area contributed by atoms with E-state index in [0.717, 1.165) is 0 Å². The fourth-order valence-electron chi connectivity index (χ4n) is 1.77. The van der Waals surface area contributed by atoms with E-state index in [1.165, 1.54) is 13.4 Å². The lowest BCUT2D eigenvalue weighted by molar-refractivity contribution is 0.371. The van der Waals surface area contributed by atoms with E-state index in [9.17, 15) is 5.11 Å². The zero-order valence-electron chi connectivity index (χ0n) is 11.1. The molecule has 0 radical (unpaired) electrons. The summed E-state index contributed by atoms with van der Waals surface area (Å²) < 4.78 is 5.06. The SMILES string of the molecule is CNc1c(Cl)ncnc1NCc1cccc(OC)c1O. The topological polar surface area (TPSA) is 79.3 Å². The quantitative estimate of drug-likeness (QED) is 0.735. The van der Waals surface area contributed by atoms with Crippen molar-refractivity contribution in [3.63, 3.8) is 0 Å². The summed E-state index contributed by atoms with van der Waals surface area (Å²) in [5.74, 6) is 1.10. The van der Waals surface area contributed by atoms with Gasteiger partial charge in [0.25, 0.3) is 0 Å². The number of benzene rings is 1. The van der Waals surface area contributed by atoms with Crippen LogP contribution in [0.3, 0.4) is 0 Å². The Morgan fingerprint density at radius 2 is 2.15 bits per heavy atom. The summed E-state index contributed by atoms with van der Waals surface area (Å²) in [5, 5.41) is 16.4. The highest BCUT2D eigenvalue weighted by atomic mass is 35.5. The molecule has 2 aromatic rings. The molecular weight excluding hydrogens is 280 g/mol. The van der Waals surface area contributed by atoms with Gasteiger partial charge in [0.2, 0.25) is 0 Å². The smallest absolute Gasteiger partial charge is 0.162 e. The van der Waals surface area contributed by atoms with E-state index in [2.05, 4.69) is 20.6 Å². The van der Waals surface area contributed by atoms with Crippen molar-refractivity contribution < 1.29 is 9.84 Å². The molecule has 0 atom stereocenters. The summed E-state index contributed by atoms with van der Waals surface area (Å²) in [6, 6.07) is 5.30. The Bertz CT molecular complexity index is 607. The Morgan fingerprint density at radius 1 is 1.35 bits per heavy atom. The first kappa shape index (κ1) is 14.2. The van der Waals surface area contributed by atoms with Gasteiger partial charge in [0.05, 0.1) is 7.11 Å². The third-order valence-corrected chi connectivity index (χ3v) is 3.09. The first-order chi connectivity index (χ1) is 9.67. The van der Waals surface area contributed by atoms with Gasteiger partial charge in [0.15, 0.2) is 22.5 Å². The van der Waals surface area contributed by atoms with Gasteiger partial charge in [0.1, 0.15) is 12.0 Å². The minimum atomic E-state index is 0.105. The van der Waals surface area contributed by atoms with Crippen LogP contribution in [0.1, 0.15) is 5.56 Å². The maximum absolute atomic E-state index is 10.0. The number of aromatic hydroxyl groups is 1. The van der Waals surface area contributed by atoms with Crippen LogP contribution in [0.15, 0.2) is 24.5 Å². The number of ether oxygens (including phenoxy) is 1. The van der Waals surface area contributed by atoms with E-state index in [0.29, 0.717) is 34.5 Å². The van der Waals surface area contributed by atoms with Gasteiger partial charge in [-0.2, -0.15) is 0 Å². The number of hydrogen-bond acceptors (Lipinski definition) is 6. The van der Waals surface area contributed by atoms with Gasteiger partial charge in [-0.3, -0.25) is 0 Å². The average molecular weight is 295 g/mol. The second-order valence-corrected chi connectivity index (χ2v) is 4.32. The van der Waals surface area contributed by atoms with Crippen LogP contribution in [0.4, 0.5) is 11.5 Å². The van der Waals surface area contributed by atoms with Gasteiger partial charge in [0, 0.05) is 19.2 Å². The fraction of sp³-hybridized carbons (Fsp3) is 0.231. The average Bonchev–Trinajstić information content (AvgIpc) is 2.46. The fourth-order valence-corrected chi connectivity index (χ4v) is 2.00. The lowest BCUT2D eigenvalue weighted by atomic mass is 10.2. The third-order valence-electron chi connectivity index (χ3n) is 2.80. The molecule has 3 N–H and O–H groups in total. The van der Waals surface area contributed by atoms with Crippen LogP contribution in [0.2, 0.25) is 5.15 Å². The Labute approximate surface area is 121 Å². The molecule has 0 spiro atoms. The molecule has 106 valence electrons. The highest BCUT2D eigenvalue weighted by molar-refractivity contribution is 6.32. The van der Waals surface area contributed by atoms with E-state index in [4.69, 9.17) is 16.3 Å². The number of nitrogens with zero attached hydrogens (tertiary/aromatic N) is 2. The highest BCUT2D eigenvalue weighted by Crippen LogP contribution is 2.31. The van der Waals surface area contributed by atoms with Crippen molar-refractivity contribution in [1.82, 2.24) is 9.97 Å². The van der Waals surface area contributed by atoms with Crippen molar-refractivity contribution in [2.24, 2.45) is 0 Å². The van der Waals surface area contributed by atoms with Crippen LogP contribution in [-0.4, -0.2) is 29.2 Å². The first-order valence-electron chi connectivity index (χ1n) is 5.94. The monoisotopic (exact) mass is 294 g/mol. The molecule has 0 bridgehead atoms. The van der Waals surface area contributed by atoms with Crippen LogP contribution in [0, 0.1) is 0 Å². The number of nitrogens with one attached hydrogen (secondary N) is 2. The Hall–Kier alpha value is -2.21. The third kappa shape index (κ3) is 2.85. The zero-order valence-corrected chi connectivity index (χ0v) is 11.9. The summed E-state index contributed by atoms with van der Waals surface area (Å²) in [6.07, 6.45) is 1.37. The molecule has 0 aliphatic carbocycles. The number of aromatic nitrogens is 2. The van der Waals surface area contributed by atoms with Crippen molar-refractivity contribution in [2.75, 3.05) is 24.8 Å². The van der Waals surface area contributed by atoms with Gasteiger partial charge in [-0.15, -0.1) is 0 Å².